The maximum Gasteiger partial charge on any atom is 0.290 e. The van der Waals surface area contributed by atoms with Crippen LogP contribution in [0.5, 0.6) is 11.5 Å². The minimum atomic E-state index is -0.703. The van der Waals surface area contributed by atoms with E-state index in [1.807, 2.05) is 13.8 Å². The van der Waals surface area contributed by atoms with E-state index in [4.69, 9.17) is 13.9 Å². The molecule has 1 aliphatic rings. The molecule has 162 valence electrons. The largest absolute Gasteiger partial charge is 0.503 e. The molecular weight excluding hydrogens is 466 g/mol. The van der Waals surface area contributed by atoms with Gasteiger partial charge in [0.05, 0.1) is 35.2 Å². The Balaban J connectivity index is 2.01. The van der Waals surface area contributed by atoms with Gasteiger partial charge in [-0.25, -0.2) is 0 Å². The van der Waals surface area contributed by atoms with Crippen LogP contribution in [0.15, 0.2) is 37.9 Å². The highest BCUT2D eigenvalue weighted by Gasteiger charge is 2.43. The fraction of sp³-hybridized carbons (Fsp3) is 0.304. The Labute approximate surface area is 187 Å². The molecule has 1 N–H and O–H groups in total. The molecule has 1 aromatic heterocycles. The van der Waals surface area contributed by atoms with Gasteiger partial charge in [-0.1, -0.05) is 0 Å². The molecule has 0 radical (unpaired) electrons. The van der Waals surface area contributed by atoms with Crippen molar-refractivity contribution in [2.45, 2.75) is 19.9 Å². The van der Waals surface area contributed by atoms with Gasteiger partial charge in [0.1, 0.15) is 5.58 Å². The number of benzene rings is 2. The van der Waals surface area contributed by atoms with Crippen molar-refractivity contribution in [3.63, 3.8) is 0 Å². The normalized spacial score (nSPS) is 15.6. The third-order valence-electron chi connectivity index (χ3n) is 5.70. The number of phenolic OH excluding ortho intramolecular Hbond substituents is 1. The number of carbonyl (C=O) groups excluding carboxylic acids is 1. The minimum Gasteiger partial charge on any atom is -0.503 e. The zero-order valence-electron chi connectivity index (χ0n) is 17.6. The maximum absolute atomic E-state index is 13.6. The lowest BCUT2D eigenvalue weighted by molar-refractivity contribution is 0.0663. The van der Waals surface area contributed by atoms with Gasteiger partial charge in [0, 0.05) is 13.7 Å². The van der Waals surface area contributed by atoms with Crippen LogP contribution in [0.4, 0.5) is 0 Å². The number of rotatable bonds is 5. The van der Waals surface area contributed by atoms with E-state index in [0.29, 0.717) is 27.6 Å². The smallest absolute Gasteiger partial charge is 0.290 e. The zero-order chi connectivity index (χ0) is 22.4. The summed E-state index contributed by atoms with van der Waals surface area (Å²) in [5.74, 6) is -0.174. The zero-order valence-corrected chi connectivity index (χ0v) is 19.2. The van der Waals surface area contributed by atoms with Crippen molar-refractivity contribution in [3.05, 3.63) is 67.0 Å². The van der Waals surface area contributed by atoms with E-state index < -0.39 is 6.04 Å². The average Bonchev–Trinajstić information content (AvgIpc) is 3.02. The van der Waals surface area contributed by atoms with Crippen LogP contribution in [0.3, 0.4) is 0 Å². The highest BCUT2D eigenvalue weighted by atomic mass is 79.9. The van der Waals surface area contributed by atoms with Crippen LogP contribution in [0.1, 0.15) is 38.9 Å². The van der Waals surface area contributed by atoms with Gasteiger partial charge in [-0.3, -0.25) is 9.59 Å². The van der Waals surface area contributed by atoms with Crippen LogP contribution in [0.25, 0.3) is 11.0 Å². The number of hydrogen-bond acceptors (Lipinski definition) is 6. The molecule has 7 nitrogen and oxygen atoms in total. The van der Waals surface area contributed by atoms with Crippen LogP contribution in [0.2, 0.25) is 0 Å². The van der Waals surface area contributed by atoms with Gasteiger partial charge in [-0.05, 0) is 70.7 Å². The number of carbonyl (C=O) groups is 1. The van der Waals surface area contributed by atoms with Gasteiger partial charge in [0.25, 0.3) is 5.91 Å². The highest BCUT2D eigenvalue weighted by molar-refractivity contribution is 9.10. The molecule has 4 rings (SSSR count). The second-order valence-corrected chi connectivity index (χ2v) is 8.41. The number of aromatic hydroxyl groups is 1. The molecule has 1 unspecified atom stereocenters. The van der Waals surface area contributed by atoms with Crippen molar-refractivity contribution in [2.75, 3.05) is 27.4 Å². The standard InChI is InChI=1S/C23H22BrNO6/c1-11-7-14-16(8-12(11)2)31-22-18(20(14)26)19(25(23(22)28)5-6-29-3)13-9-15(24)21(27)17(10-13)30-4/h7-10,19,27H,5-6H2,1-4H3. The summed E-state index contributed by atoms with van der Waals surface area (Å²) >= 11 is 3.33. The molecule has 0 saturated heterocycles. The molecule has 3 aromatic rings. The molecule has 1 aliphatic heterocycles. The molecule has 0 saturated carbocycles. The number of hydrogen-bond donors (Lipinski definition) is 1. The lowest BCUT2D eigenvalue weighted by atomic mass is 9.97. The summed E-state index contributed by atoms with van der Waals surface area (Å²) < 4.78 is 16.8. The molecule has 0 spiro atoms. The van der Waals surface area contributed by atoms with Crippen LogP contribution < -0.4 is 10.2 Å². The summed E-state index contributed by atoms with van der Waals surface area (Å²) in [6.45, 7) is 4.41. The van der Waals surface area contributed by atoms with Gasteiger partial charge < -0.3 is 23.9 Å². The Kier molecular flexibility index (Phi) is 5.53. The van der Waals surface area contributed by atoms with E-state index in [9.17, 15) is 14.7 Å². The number of nitrogens with zero attached hydrogens (tertiary/aromatic N) is 1. The second-order valence-electron chi connectivity index (χ2n) is 7.55. The molecule has 0 aliphatic carbocycles. The van der Waals surface area contributed by atoms with Gasteiger partial charge in [-0.2, -0.15) is 0 Å². The number of ether oxygens (including phenoxy) is 2. The van der Waals surface area contributed by atoms with E-state index in [1.165, 1.54) is 7.11 Å². The first kappa shape index (κ1) is 21.4. The predicted molar refractivity (Wildman–Crippen MR) is 119 cm³/mol. The molecule has 31 heavy (non-hydrogen) atoms. The first-order chi connectivity index (χ1) is 14.8. The van der Waals surface area contributed by atoms with E-state index >= 15 is 0 Å². The lowest BCUT2D eigenvalue weighted by Gasteiger charge is -2.25. The Hall–Kier alpha value is -2.84. The fourth-order valence-electron chi connectivity index (χ4n) is 3.95. The van der Waals surface area contributed by atoms with Gasteiger partial charge in [0.15, 0.2) is 16.9 Å². The first-order valence-electron chi connectivity index (χ1n) is 9.72. The van der Waals surface area contributed by atoms with Crippen LogP contribution >= 0.6 is 15.9 Å². The number of methoxy groups -OCH3 is 2. The molecule has 1 amide bonds. The van der Waals surface area contributed by atoms with Gasteiger partial charge >= 0.3 is 0 Å². The van der Waals surface area contributed by atoms with Crippen molar-refractivity contribution < 1.29 is 23.8 Å². The number of amides is 1. The van der Waals surface area contributed by atoms with E-state index in [1.54, 1.807) is 36.3 Å². The summed E-state index contributed by atoms with van der Waals surface area (Å²) in [7, 11) is 2.99. The second kappa shape index (κ2) is 8.01. The lowest BCUT2D eigenvalue weighted by Crippen LogP contribution is -2.32. The Bertz CT molecular complexity index is 1270. The number of aryl methyl sites for hydroxylation is 2. The Morgan fingerprint density at radius 3 is 2.52 bits per heavy atom. The molecule has 1 atom stereocenters. The Morgan fingerprint density at radius 2 is 1.84 bits per heavy atom. The highest BCUT2D eigenvalue weighted by Crippen LogP contribution is 2.43. The molecule has 2 heterocycles. The number of fused-ring (bicyclic) bond motifs is 2. The van der Waals surface area contributed by atoms with E-state index in [0.717, 1.165) is 11.1 Å². The molecule has 2 aromatic carbocycles. The van der Waals surface area contributed by atoms with Crippen molar-refractivity contribution in [1.82, 2.24) is 4.90 Å². The summed E-state index contributed by atoms with van der Waals surface area (Å²) in [4.78, 5) is 28.4. The van der Waals surface area contributed by atoms with Crippen molar-refractivity contribution in [1.29, 1.82) is 0 Å². The summed E-state index contributed by atoms with van der Waals surface area (Å²) in [6.07, 6.45) is 0. The topological polar surface area (TPSA) is 89.2 Å². The summed E-state index contributed by atoms with van der Waals surface area (Å²) in [6, 6.07) is 6.17. The molecular formula is C23H22BrNO6. The molecule has 0 fully saturated rings. The monoisotopic (exact) mass is 487 g/mol. The van der Waals surface area contributed by atoms with Gasteiger partial charge in [-0.15, -0.1) is 0 Å². The van der Waals surface area contributed by atoms with Crippen molar-refractivity contribution in [2.24, 2.45) is 0 Å². The first-order valence-corrected chi connectivity index (χ1v) is 10.5. The third kappa shape index (κ3) is 3.40. The fourth-order valence-corrected chi connectivity index (χ4v) is 4.41. The van der Waals surface area contributed by atoms with Crippen LogP contribution in [-0.2, 0) is 4.74 Å². The summed E-state index contributed by atoms with van der Waals surface area (Å²) in [5.41, 5.74) is 2.96. The molecule has 0 bridgehead atoms. The van der Waals surface area contributed by atoms with E-state index in [2.05, 4.69) is 15.9 Å². The van der Waals surface area contributed by atoms with Crippen molar-refractivity contribution >= 4 is 32.8 Å². The van der Waals surface area contributed by atoms with Gasteiger partial charge in [0.2, 0.25) is 5.76 Å². The van der Waals surface area contributed by atoms with Crippen LogP contribution in [-0.4, -0.2) is 43.3 Å². The molecule has 8 heteroatoms. The Morgan fingerprint density at radius 1 is 1.13 bits per heavy atom. The number of halogens is 1. The van der Waals surface area contributed by atoms with Crippen LogP contribution in [0, 0.1) is 13.8 Å². The third-order valence-corrected chi connectivity index (χ3v) is 6.31. The quantitative estimate of drug-likeness (QED) is 0.583. The maximum atomic E-state index is 13.6. The number of phenols is 1. The van der Waals surface area contributed by atoms with Crippen molar-refractivity contribution in [3.8, 4) is 11.5 Å². The average molecular weight is 488 g/mol. The summed E-state index contributed by atoms with van der Waals surface area (Å²) in [5, 5.41) is 10.6. The minimum absolute atomic E-state index is 0.0324. The predicted octanol–water partition coefficient (Wildman–Crippen LogP) is 4.08. The SMILES string of the molecule is COCCN1C(=O)c2oc3cc(C)c(C)cc3c(=O)c2C1c1cc(Br)c(O)c(OC)c1. The van der Waals surface area contributed by atoms with E-state index in [-0.39, 0.29) is 40.7 Å².